The van der Waals surface area contributed by atoms with Crippen LogP contribution in [0.3, 0.4) is 0 Å². The van der Waals surface area contributed by atoms with Gasteiger partial charge in [-0.3, -0.25) is 14.2 Å². The summed E-state index contributed by atoms with van der Waals surface area (Å²) in [5.74, 6) is 0.511. The Morgan fingerprint density at radius 2 is 2.00 bits per heavy atom. The highest BCUT2D eigenvalue weighted by molar-refractivity contribution is 5.93. The number of aromatic nitrogens is 4. The number of hydrogen-bond acceptors (Lipinski definition) is 5. The number of likely N-dealkylation sites (tertiary alicyclic amines) is 1. The number of ether oxygens (including phenoxy) is 1. The van der Waals surface area contributed by atoms with Gasteiger partial charge in [0, 0.05) is 42.0 Å². The molecule has 2 bridgehead atoms. The second-order valence-corrected chi connectivity index (χ2v) is 6.65. The summed E-state index contributed by atoms with van der Waals surface area (Å²) in [6, 6.07) is 4.14. The highest BCUT2D eigenvalue weighted by Crippen LogP contribution is 2.29. The minimum Gasteiger partial charge on any atom is -0.374 e. The molecule has 0 radical (unpaired) electrons. The van der Waals surface area contributed by atoms with Gasteiger partial charge >= 0.3 is 0 Å². The fourth-order valence-corrected chi connectivity index (χ4v) is 3.61. The first-order chi connectivity index (χ1) is 12.2. The van der Waals surface area contributed by atoms with E-state index in [2.05, 4.69) is 15.0 Å². The second kappa shape index (κ2) is 5.35. The lowest BCUT2D eigenvalue weighted by molar-refractivity contribution is 0.0255. The number of hydrogen-bond donors (Lipinski definition) is 0. The third kappa shape index (κ3) is 2.31. The summed E-state index contributed by atoms with van der Waals surface area (Å²) in [6.07, 6.45) is 8.19. The van der Waals surface area contributed by atoms with E-state index in [4.69, 9.17) is 4.74 Å². The van der Waals surface area contributed by atoms with E-state index >= 15 is 0 Å². The van der Waals surface area contributed by atoms with Gasteiger partial charge < -0.3 is 9.64 Å². The zero-order chi connectivity index (χ0) is 17.0. The molecule has 5 heterocycles. The molecule has 2 atom stereocenters. The summed E-state index contributed by atoms with van der Waals surface area (Å²) < 4.78 is 7.36. The Kier molecular flexibility index (Phi) is 3.11. The summed E-state index contributed by atoms with van der Waals surface area (Å²) in [6.45, 7) is 3.24. The Hall–Kier alpha value is -2.80. The Morgan fingerprint density at radius 1 is 1.16 bits per heavy atom. The predicted molar refractivity (Wildman–Crippen MR) is 90.1 cm³/mol. The van der Waals surface area contributed by atoms with E-state index in [0.717, 1.165) is 23.2 Å². The molecular formula is C18H17N5O2. The van der Waals surface area contributed by atoms with Crippen molar-refractivity contribution in [3.05, 3.63) is 48.3 Å². The van der Waals surface area contributed by atoms with Gasteiger partial charge in [0.1, 0.15) is 5.69 Å². The molecule has 2 aliphatic rings. The van der Waals surface area contributed by atoms with Crippen molar-refractivity contribution in [1.29, 1.82) is 0 Å². The van der Waals surface area contributed by atoms with Crippen molar-refractivity contribution in [2.24, 2.45) is 0 Å². The molecule has 0 N–H and O–H groups in total. The first kappa shape index (κ1) is 14.5. The highest BCUT2D eigenvalue weighted by Gasteiger charge is 2.42. The van der Waals surface area contributed by atoms with Crippen LogP contribution in [-0.2, 0) is 4.74 Å². The maximum absolute atomic E-state index is 13.0. The number of amides is 1. The van der Waals surface area contributed by atoms with Gasteiger partial charge in [-0.15, -0.1) is 0 Å². The Morgan fingerprint density at radius 3 is 2.72 bits per heavy atom. The van der Waals surface area contributed by atoms with Crippen molar-refractivity contribution >= 4 is 11.7 Å². The van der Waals surface area contributed by atoms with Gasteiger partial charge in [-0.2, -0.15) is 0 Å². The van der Waals surface area contributed by atoms with Crippen LogP contribution in [0.1, 0.15) is 22.6 Å². The maximum Gasteiger partial charge on any atom is 0.272 e. The Balaban J connectivity index is 1.54. The molecule has 25 heavy (non-hydrogen) atoms. The molecule has 3 aromatic heterocycles. The van der Waals surface area contributed by atoms with Crippen molar-refractivity contribution in [2.45, 2.75) is 25.5 Å². The number of carbonyl (C=O) groups is 1. The average molecular weight is 335 g/mol. The predicted octanol–water partition coefficient (Wildman–Crippen LogP) is 1.71. The molecule has 3 aromatic rings. The molecule has 2 fully saturated rings. The van der Waals surface area contributed by atoms with E-state index in [9.17, 15) is 4.79 Å². The van der Waals surface area contributed by atoms with Crippen LogP contribution in [0.25, 0.3) is 16.9 Å². The quantitative estimate of drug-likeness (QED) is 0.713. The normalized spacial score (nSPS) is 22.0. The number of carbonyl (C=O) groups excluding carboxylic acids is 1. The minimum atomic E-state index is -0.00992. The van der Waals surface area contributed by atoms with Gasteiger partial charge in [0.15, 0.2) is 0 Å². The van der Waals surface area contributed by atoms with Crippen molar-refractivity contribution in [3.63, 3.8) is 0 Å². The molecule has 2 unspecified atom stereocenters. The summed E-state index contributed by atoms with van der Waals surface area (Å²) in [4.78, 5) is 27.9. The molecule has 0 aromatic carbocycles. The third-order valence-corrected chi connectivity index (χ3v) is 4.99. The minimum absolute atomic E-state index is 0.00992. The first-order valence-electron chi connectivity index (χ1n) is 8.38. The molecule has 0 saturated carbocycles. The van der Waals surface area contributed by atoms with Gasteiger partial charge in [-0.05, 0) is 19.4 Å². The van der Waals surface area contributed by atoms with Crippen LogP contribution in [-0.4, -0.2) is 55.5 Å². The van der Waals surface area contributed by atoms with Crippen molar-refractivity contribution in [2.75, 3.05) is 13.2 Å². The first-order valence-corrected chi connectivity index (χ1v) is 8.38. The van der Waals surface area contributed by atoms with Gasteiger partial charge in [-0.25, -0.2) is 9.97 Å². The lowest BCUT2D eigenvalue weighted by Gasteiger charge is -2.26. The highest BCUT2D eigenvalue weighted by atomic mass is 16.5. The molecule has 0 spiro atoms. The number of rotatable bonds is 2. The van der Waals surface area contributed by atoms with E-state index in [-0.39, 0.29) is 18.1 Å². The number of imidazole rings is 1. The third-order valence-electron chi connectivity index (χ3n) is 4.99. The Bertz CT molecular complexity index is 965. The number of nitrogens with zero attached hydrogens (tertiary/aromatic N) is 5. The molecule has 2 aliphatic heterocycles. The largest absolute Gasteiger partial charge is 0.374 e. The van der Waals surface area contributed by atoms with Crippen LogP contribution in [0.15, 0.2) is 36.9 Å². The van der Waals surface area contributed by atoms with Crippen LogP contribution in [0.2, 0.25) is 0 Å². The van der Waals surface area contributed by atoms with Gasteiger partial charge in [0.2, 0.25) is 5.78 Å². The van der Waals surface area contributed by atoms with E-state index in [1.807, 2.05) is 36.4 Å². The van der Waals surface area contributed by atoms with Crippen molar-refractivity contribution in [3.8, 4) is 11.1 Å². The number of aryl methyl sites for hydroxylation is 1. The second-order valence-electron chi connectivity index (χ2n) is 6.65. The van der Waals surface area contributed by atoms with Gasteiger partial charge in [0.05, 0.1) is 24.9 Å². The van der Waals surface area contributed by atoms with Gasteiger partial charge in [0.25, 0.3) is 5.91 Å². The molecule has 1 amide bonds. The molecule has 7 heteroatoms. The van der Waals surface area contributed by atoms with Crippen molar-refractivity contribution in [1.82, 2.24) is 24.3 Å². The molecule has 0 aliphatic carbocycles. The number of morpholine rings is 1. The van der Waals surface area contributed by atoms with Crippen LogP contribution >= 0.6 is 0 Å². The van der Waals surface area contributed by atoms with E-state index < -0.39 is 0 Å². The summed E-state index contributed by atoms with van der Waals surface area (Å²) >= 11 is 0. The van der Waals surface area contributed by atoms with E-state index in [0.29, 0.717) is 24.6 Å². The molecular weight excluding hydrogens is 318 g/mol. The summed E-state index contributed by atoms with van der Waals surface area (Å²) in [5, 5.41) is 0. The fraction of sp³-hybridized carbons (Fsp3) is 0.333. The van der Waals surface area contributed by atoms with E-state index in [1.54, 1.807) is 16.8 Å². The van der Waals surface area contributed by atoms with Crippen LogP contribution in [0.5, 0.6) is 0 Å². The zero-order valence-corrected chi connectivity index (χ0v) is 13.8. The fourth-order valence-electron chi connectivity index (χ4n) is 3.61. The molecule has 5 rings (SSSR count). The molecule has 7 nitrogen and oxygen atoms in total. The number of pyridine rings is 1. The van der Waals surface area contributed by atoms with Gasteiger partial charge in [-0.1, -0.05) is 6.07 Å². The van der Waals surface area contributed by atoms with Crippen LogP contribution in [0.4, 0.5) is 0 Å². The average Bonchev–Trinajstić information content (AvgIpc) is 3.36. The van der Waals surface area contributed by atoms with E-state index in [1.165, 1.54) is 0 Å². The smallest absolute Gasteiger partial charge is 0.272 e. The summed E-state index contributed by atoms with van der Waals surface area (Å²) in [5.41, 5.74) is 3.36. The molecule has 2 saturated heterocycles. The standard InChI is InChI=1S/C18H17N5O2/c1-11-2-3-12(5-19-11)13-6-20-18-21-7-16(23(18)8-13)17(24)22-9-15-4-14(22)10-25-15/h2-3,5-8,14-15H,4,9-10H2,1H3. The SMILES string of the molecule is Cc1ccc(-c2cnc3ncc(C(=O)N4CC5CC4CO5)n3c2)cn1. The maximum atomic E-state index is 13.0. The lowest BCUT2D eigenvalue weighted by atomic mass is 10.1. The number of fused-ring (bicyclic) bond motifs is 3. The summed E-state index contributed by atoms with van der Waals surface area (Å²) in [7, 11) is 0. The topological polar surface area (TPSA) is 72.6 Å². The van der Waals surface area contributed by atoms with Crippen LogP contribution in [0, 0.1) is 6.92 Å². The molecule has 126 valence electrons. The Labute approximate surface area is 144 Å². The van der Waals surface area contributed by atoms with Crippen molar-refractivity contribution < 1.29 is 9.53 Å². The lowest BCUT2D eigenvalue weighted by Crippen LogP contribution is -2.41. The van der Waals surface area contributed by atoms with Crippen LogP contribution < -0.4 is 0 Å². The zero-order valence-electron chi connectivity index (χ0n) is 13.8. The monoisotopic (exact) mass is 335 g/mol.